The summed E-state index contributed by atoms with van der Waals surface area (Å²) in [7, 11) is 0. The maximum atomic E-state index is 9.11. The van der Waals surface area contributed by atoms with Gasteiger partial charge in [-0.3, -0.25) is 0 Å². The van der Waals surface area contributed by atoms with Crippen LogP contribution in [0.25, 0.3) is 0 Å². The van der Waals surface area contributed by atoms with E-state index in [0.29, 0.717) is 12.0 Å². The van der Waals surface area contributed by atoms with Crippen molar-refractivity contribution in [2.45, 2.75) is 52.6 Å². The lowest BCUT2D eigenvalue weighted by atomic mass is 9.99. The first kappa shape index (κ1) is 11.9. The zero-order valence-electron chi connectivity index (χ0n) is 8.80. The lowest BCUT2D eigenvalue weighted by Gasteiger charge is -2.25. The Labute approximate surface area is 76.4 Å². The van der Waals surface area contributed by atoms with Crippen LogP contribution in [0.4, 0.5) is 0 Å². The predicted octanol–water partition coefficient (Wildman–Crippen LogP) is 1.78. The minimum atomic E-state index is 0.249. The van der Waals surface area contributed by atoms with E-state index >= 15 is 0 Å². The van der Waals surface area contributed by atoms with Gasteiger partial charge in [0, 0.05) is 12.1 Å². The molecule has 12 heavy (non-hydrogen) atoms. The van der Waals surface area contributed by atoms with E-state index in [9.17, 15) is 0 Å². The summed E-state index contributed by atoms with van der Waals surface area (Å²) >= 11 is 0. The molecule has 0 aromatic carbocycles. The monoisotopic (exact) mass is 173 g/mol. The largest absolute Gasteiger partial charge is 0.395 e. The normalized spacial score (nSPS) is 18.8. The highest BCUT2D eigenvalue weighted by Gasteiger charge is 2.15. The number of hydrogen-bond acceptors (Lipinski definition) is 2. The third kappa shape index (κ3) is 4.07. The van der Waals surface area contributed by atoms with Crippen molar-refractivity contribution in [2.24, 2.45) is 5.92 Å². The van der Waals surface area contributed by atoms with Crippen LogP contribution in [-0.4, -0.2) is 23.8 Å². The summed E-state index contributed by atoms with van der Waals surface area (Å²) in [6.07, 6.45) is 2.24. The van der Waals surface area contributed by atoms with E-state index in [4.69, 9.17) is 5.11 Å². The molecule has 0 saturated heterocycles. The van der Waals surface area contributed by atoms with Crippen molar-refractivity contribution in [1.29, 1.82) is 0 Å². The molecule has 0 rings (SSSR count). The molecule has 0 saturated carbocycles. The molecule has 0 aromatic rings. The Balaban J connectivity index is 3.81. The molecule has 0 aliphatic heterocycles. The van der Waals surface area contributed by atoms with Gasteiger partial charge in [0.1, 0.15) is 0 Å². The molecule has 2 N–H and O–H groups in total. The van der Waals surface area contributed by atoms with Gasteiger partial charge < -0.3 is 10.4 Å². The van der Waals surface area contributed by atoms with Gasteiger partial charge >= 0.3 is 0 Å². The maximum absolute atomic E-state index is 9.11. The molecule has 3 unspecified atom stereocenters. The first-order valence-electron chi connectivity index (χ1n) is 5.02. The van der Waals surface area contributed by atoms with Crippen LogP contribution in [-0.2, 0) is 0 Å². The summed E-state index contributed by atoms with van der Waals surface area (Å²) in [6, 6.07) is 0.779. The lowest BCUT2D eigenvalue weighted by Crippen LogP contribution is -2.42. The topological polar surface area (TPSA) is 32.3 Å². The number of aliphatic hydroxyl groups is 1. The van der Waals surface area contributed by atoms with Crippen LogP contribution < -0.4 is 5.32 Å². The van der Waals surface area contributed by atoms with Crippen molar-refractivity contribution in [2.75, 3.05) is 6.61 Å². The first-order chi connectivity index (χ1) is 5.65. The molecule has 0 spiro atoms. The predicted molar refractivity (Wildman–Crippen MR) is 53.2 cm³/mol. The molecule has 2 heteroatoms. The summed E-state index contributed by atoms with van der Waals surface area (Å²) in [5, 5.41) is 12.5. The first-order valence-corrected chi connectivity index (χ1v) is 5.02. The van der Waals surface area contributed by atoms with Crippen LogP contribution in [0, 0.1) is 5.92 Å². The van der Waals surface area contributed by atoms with Crippen molar-refractivity contribution in [3.63, 3.8) is 0 Å². The minimum absolute atomic E-state index is 0.249. The molecule has 0 heterocycles. The van der Waals surface area contributed by atoms with Gasteiger partial charge in [0.2, 0.25) is 0 Å². The average Bonchev–Trinajstić information content (AvgIpc) is 2.12. The Morgan fingerprint density at radius 2 is 1.75 bits per heavy atom. The summed E-state index contributed by atoms with van der Waals surface area (Å²) in [5.41, 5.74) is 0. The summed E-state index contributed by atoms with van der Waals surface area (Å²) in [4.78, 5) is 0. The van der Waals surface area contributed by atoms with Crippen LogP contribution in [0.3, 0.4) is 0 Å². The fraction of sp³-hybridized carbons (Fsp3) is 1.00. The minimum Gasteiger partial charge on any atom is -0.395 e. The smallest absolute Gasteiger partial charge is 0.0587 e. The Morgan fingerprint density at radius 3 is 2.08 bits per heavy atom. The van der Waals surface area contributed by atoms with E-state index in [-0.39, 0.29) is 12.6 Å². The van der Waals surface area contributed by atoms with E-state index in [1.54, 1.807) is 0 Å². The quantitative estimate of drug-likeness (QED) is 0.641. The van der Waals surface area contributed by atoms with Crippen LogP contribution in [0.15, 0.2) is 0 Å². The fourth-order valence-corrected chi connectivity index (χ4v) is 1.16. The molecular weight excluding hydrogens is 150 g/mol. The summed E-state index contributed by atoms with van der Waals surface area (Å²) < 4.78 is 0. The van der Waals surface area contributed by atoms with Gasteiger partial charge in [-0.1, -0.05) is 27.2 Å². The van der Waals surface area contributed by atoms with Crippen molar-refractivity contribution in [1.82, 2.24) is 5.32 Å². The molecule has 0 fully saturated rings. The van der Waals surface area contributed by atoms with Gasteiger partial charge in [0.25, 0.3) is 0 Å². The van der Waals surface area contributed by atoms with Gasteiger partial charge in [-0.05, 0) is 19.3 Å². The maximum Gasteiger partial charge on any atom is 0.0587 e. The Hall–Kier alpha value is -0.0800. The van der Waals surface area contributed by atoms with E-state index in [0.717, 1.165) is 12.8 Å². The molecule has 0 aliphatic carbocycles. The SMILES string of the molecule is CCC(C)NC(CO)C(C)CC. The second kappa shape index (κ2) is 6.44. The van der Waals surface area contributed by atoms with Crippen molar-refractivity contribution >= 4 is 0 Å². The van der Waals surface area contributed by atoms with Gasteiger partial charge in [-0.2, -0.15) is 0 Å². The highest BCUT2D eigenvalue weighted by Crippen LogP contribution is 2.08. The molecule has 2 nitrogen and oxygen atoms in total. The molecule has 3 atom stereocenters. The molecule has 0 bridgehead atoms. The third-order valence-electron chi connectivity index (χ3n) is 2.64. The second-order valence-electron chi connectivity index (χ2n) is 3.65. The highest BCUT2D eigenvalue weighted by molar-refractivity contribution is 4.74. The van der Waals surface area contributed by atoms with Crippen LogP contribution in [0.1, 0.15) is 40.5 Å². The van der Waals surface area contributed by atoms with Crippen LogP contribution in [0.5, 0.6) is 0 Å². The second-order valence-corrected chi connectivity index (χ2v) is 3.65. The molecule has 74 valence electrons. The van der Waals surface area contributed by atoms with Gasteiger partial charge in [0.15, 0.2) is 0 Å². The zero-order valence-corrected chi connectivity index (χ0v) is 8.80. The zero-order chi connectivity index (χ0) is 9.56. The number of aliphatic hydroxyl groups excluding tert-OH is 1. The van der Waals surface area contributed by atoms with Gasteiger partial charge in [0.05, 0.1) is 6.61 Å². The number of nitrogens with one attached hydrogen (secondary N) is 1. The molecular formula is C10H23NO. The van der Waals surface area contributed by atoms with Crippen molar-refractivity contribution < 1.29 is 5.11 Å². The summed E-state index contributed by atoms with van der Waals surface area (Å²) in [5.74, 6) is 0.559. The number of hydrogen-bond donors (Lipinski definition) is 2. The Bertz CT molecular complexity index is 106. The molecule has 0 aromatic heterocycles. The summed E-state index contributed by atoms with van der Waals surface area (Å²) in [6.45, 7) is 8.90. The van der Waals surface area contributed by atoms with Gasteiger partial charge in [-0.15, -0.1) is 0 Å². The number of rotatable bonds is 6. The van der Waals surface area contributed by atoms with E-state index < -0.39 is 0 Å². The van der Waals surface area contributed by atoms with E-state index in [1.807, 2.05) is 0 Å². The fourth-order valence-electron chi connectivity index (χ4n) is 1.16. The van der Waals surface area contributed by atoms with Crippen LogP contribution >= 0.6 is 0 Å². The molecule has 0 amide bonds. The molecule has 0 aliphatic rings. The van der Waals surface area contributed by atoms with Crippen LogP contribution in [0.2, 0.25) is 0 Å². The molecule has 0 radical (unpaired) electrons. The Kier molecular flexibility index (Phi) is 6.39. The third-order valence-corrected chi connectivity index (χ3v) is 2.64. The van der Waals surface area contributed by atoms with E-state index in [1.165, 1.54) is 0 Å². The van der Waals surface area contributed by atoms with E-state index in [2.05, 4.69) is 33.0 Å². The van der Waals surface area contributed by atoms with Crippen molar-refractivity contribution in [3.05, 3.63) is 0 Å². The lowest BCUT2D eigenvalue weighted by molar-refractivity contribution is 0.191. The average molecular weight is 173 g/mol. The van der Waals surface area contributed by atoms with Crippen molar-refractivity contribution in [3.8, 4) is 0 Å². The highest BCUT2D eigenvalue weighted by atomic mass is 16.3. The van der Waals surface area contributed by atoms with Gasteiger partial charge in [-0.25, -0.2) is 0 Å². The Morgan fingerprint density at radius 1 is 1.17 bits per heavy atom. The standard InChI is InChI=1S/C10H23NO/c1-5-8(3)10(7-12)11-9(4)6-2/h8-12H,5-7H2,1-4H3.